The van der Waals surface area contributed by atoms with E-state index in [-0.39, 0.29) is 12.1 Å². The Kier molecular flexibility index (Phi) is 6.65. The zero-order valence-corrected chi connectivity index (χ0v) is 21.8. The van der Waals surface area contributed by atoms with Gasteiger partial charge < -0.3 is 24.3 Å². The van der Waals surface area contributed by atoms with Crippen LogP contribution < -0.4 is 19.7 Å². The van der Waals surface area contributed by atoms with Gasteiger partial charge in [0, 0.05) is 29.8 Å². The highest BCUT2D eigenvalue weighted by molar-refractivity contribution is 7.80. The van der Waals surface area contributed by atoms with Crippen molar-refractivity contribution in [2.24, 2.45) is 0 Å². The first-order chi connectivity index (χ1) is 17.5. The molecule has 1 aliphatic rings. The molecular formula is C29H30N4O2S. The lowest BCUT2D eigenvalue weighted by atomic mass is 9.96. The Labute approximate surface area is 217 Å². The summed E-state index contributed by atoms with van der Waals surface area (Å²) in [5, 5.41) is 4.23. The summed E-state index contributed by atoms with van der Waals surface area (Å²) < 4.78 is 13.6. The first-order valence-electron chi connectivity index (χ1n) is 12.1. The lowest BCUT2D eigenvalue weighted by Crippen LogP contribution is -2.29. The molecule has 0 spiro atoms. The van der Waals surface area contributed by atoms with E-state index in [0.29, 0.717) is 5.11 Å². The van der Waals surface area contributed by atoms with Crippen LogP contribution in [0.4, 0.5) is 5.69 Å². The maximum Gasteiger partial charge on any atom is 0.174 e. The van der Waals surface area contributed by atoms with Crippen molar-refractivity contribution in [3.05, 3.63) is 102 Å². The van der Waals surface area contributed by atoms with E-state index < -0.39 is 0 Å². The molecule has 0 aliphatic carbocycles. The predicted octanol–water partition coefficient (Wildman–Crippen LogP) is 6.50. The molecule has 4 aromatic rings. The summed E-state index contributed by atoms with van der Waals surface area (Å²) in [7, 11) is 1.65. The molecule has 1 fully saturated rings. The van der Waals surface area contributed by atoms with Crippen LogP contribution in [0.25, 0.3) is 0 Å². The number of ether oxygens (including phenoxy) is 2. The number of hydrogen-bond donors (Lipinski definition) is 1. The van der Waals surface area contributed by atoms with Gasteiger partial charge in [-0.2, -0.15) is 0 Å². The molecule has 0 unspecified atom stereocenters. The number of pyridine rings is 1. The number of rotatable bonds is 7. The quantitative estimate of drug-likeness (QED) is 0.294. The van der Waals surface area contributed by atoms with Crippen LogP contribution in [0.5, 0.6) is 17.2 Å². The van der Waals surface area contributed by atoms with Crippen molar-refractivity contribution in [1.29, 1.82) is 0 Å². The van der Waals surface area contributed by atoms with Crippen LogP contribution in [0.15, 0.2) is 79.0 Å². The number of anilines is 1. The van der Waals surface area contributed by atoms with Crippen LogP contribution >= 0.6 is 12.2 Å². The predicted molar refractivity (Wildman–Crippen MR) is 147 cm³/mol. The normalized spacial score (nSPS) is 17.2. The van der Waals surface area contributed by atoms with Crippen LogP contribution in [0.1, 0.15) is 41.7 Å². The zero-order valence-electron chi connectivity index (χ0n) is 20.9. The standard InChI is InChI=1S/C29H30N4O2S/c1-5-32-19(2)18-25(20(32)3)28-27(26-8-6-7-17-30-26)31-29(36)33(28)21-9-11-23(12-10-21)35-24-15-13-22(34-4)14-16-24/h6-18,27-28H,5H2,1-4H3,(H,31,36)/t27-,28-/m0/s1. The van der Waals surface area contributed by atoms with Gasteiger partial charge in [0.05, 0.1) is 24.9 Å². The summed E-state index contributed by atoms with van der Waals surface area (Å²) in [5.74, 6) is 2.30. The molecule has 3 heterocycles. The minimum absolute atomic E-state index is 0.0349. The average molecular weight is 499 g/mol. The third-order valence-corrected chi connectivity index (χ3v) is 7.07. The topological polar surface area (TPSA) is 51.6 Å². The van der Waals surface area contributed by atoms with Crippen molar-refractivity contribution in [2.75, 3.05) is 12.0 Å². The minimum Gasteiger partial charge on any atom is -0.497 e. The highest BCUT2D eigenvalue weighted by atomic mass is 32.1. The van der Waals surface area contributed by atoms with E-state index in [2.05, 4.69) is 64.8 Å². The minimum atomic E-state index is -0.0697. The fourth-order valence-corrected chi connectivity index (χ4v) is 5.36. The summed E-state index contributed by atoms with van der Waals surface area (Å²) in [6.45, 7) is 7.45. The van der Waals surface area contributed by atoms with Gasteiger partial charge in [-0.05, 0) is 105 Å². The van der Waals surface area contributed by atoms with E-state index in [4.69, 9.17) is 21.7 Å². The van der Waals surface area contributed by atoms with Gasteiger partial charge in [0.1, 0.15) is 17.2 Å². The number of aryl methyl sites for hydroxylation is 1. The van der Waals surface area contributed by atoms with Crippen LogP contribution in [-0.4, -0.2) is 21.8 Å². The third kappa shape index (κ3) is 4.42. The van der Waals surface area contributed by atoms with Crippen molar-refractivity contribution in [3.8, 4) is 17.2 Å². The maximum atomic E-state index is 6.04. The Morgan fingerprint density at radius 3 is 2.19 bits per heavy atom. The maximum absolute atomic E-state index is 6.04. The number of benzene rings is 2. The molecule has 1 aliphatic heterocycles. The molecule has 2 aromatic carbocycles. The van der Waals surface area contributed by atoms with E-state index in [1.54, 1.807) is 7.11 Å². The molecule has 0 saturated carbocycles. The molecule has 2 atom stereocenters. The van der Waals surface area contributed by atoms with Crippen molar-refractivity contribution in [3.63, 3.8) is 0 Å². The Morgan fingerprint density at radius 2 is 1.61 bits per heavy atom. The van der Waals surface area contributed by atoms with Crippen molar-refractivity contribution in [1.82, 2.24) is 14.9 Å². The molecule has 1 N–H and O–H groups in total. The monoisotopic (exact) mass is 498 g/mol. The number of nitrogens with one attached hydrogen (secondary N) is 1. The fourth-order valence-electron chi connectivity index (χ4n) is 5.02. The van der Waals surface area contributed by atoms with Gasteiger partial charge in [0.15, 0.2) is 5.11 Å². The number of methoxy groups -OCH3 is 1. The van der Waals surface area contributed by atoms with Crippen molar-refractivity contribution < 1.29 is 9.47 Å². The smallest absolute Gasteiger partial charge is 0.174 e. The molecule has 6 nitrogen and oxygen atoms in total. The Morgan fingerprint density at radius 1 is 0.944 bits per heavy atom. The van der Waals surface area contributed by atoms with Gasteiger partial charge in [-0.15, -0.1) is 0 Å². The highest BCUT2D eigenvalue weighted by Gasteiger charge is 2.42. The van der Waals surface area contributed by atoms with E-state index in [9.17, 15) is 0 Å². The van der Waals surface area contributed by atoms with Crippen LogP contribution in [0, 0.1) is 13.8 Å². The average Bonchev–Trinajstić information content (AvgIpc) is 3.40. The van der Waals surface area contributed by atoms with Crippen molar-refractivity contribution in [2.45, 2.75) is 39.4 Å². The third-order valence-electron chi connectivity index (χ3n) is 6.76. The fraction of sp³-hybridized carbons (Fsp3) is 0.241. The second-order valence-corrected chi connectivity index (χ2v) is 9.23. The number of hydrogen-bond acceptors (Lipinski definition) is 4. The van der Waals surface area contributed by atoms with E-state index >= 15 is 0 Å². The van der Waals surface area contributed by atoms with E-state index in [1.807, 2.05) is 54.7 Å². The number of nitrogens with zero attached hydrogens (tertiary/aromatic N) is 3. The molecule has 184 valence electrons. The van der Waals surface area contributed by atoms with Crippen LogP contribution in [0.3, 0.4) is 0 Å². The summed E-state index contributed by atoms with van der Waals surface area (Å²) in [6.07, 6.45) is 1.83. The van der Waals surface area contributed by atoms with E-state index in [1.165, 1.54) is 17.0 Å². The molecule has 5 rings (SSSR count). The first-order valence-corrected chi connectivity index (χ1v) is 12.5. The van der Waals surface area contributed by atoms with Gasteiger partial charge in [-0.3, -0.25) is 4.98 Å². The zero-order chi connectivity index (χ0) is 25.2. The van der Waals surface area contributed by atoms with Crippen LogP contribution in [-0.2, 0) is 6.54 Å². The van der Waals surface area contributed by atoms with Gasteiger partial charge in [0.25, 0.3) is 0 Å². The summed E-state index contributed by atoms with van der Waals surface area (Å²) in [6, 6.07) is 23.8. The molecule has 0 radical (unpaired) electrons. The van der Waals surface area contributed by atoms with Gasteiger partial charge in [-0.25, -0.2) is 0 Å². The second-order valence-electron chi connectivity index (χ2n) is 8.84. The van der Waals surface area contributed by atoms with Gasteiger partial charge in [-0.1, -0.05) is 6.07 Å². The largest absolute Gasteiger partial charge is 0.497 e. The molecule has 7 heteroatoms. The number of aromatic nitrogens is 2. The molecule has 0 amide bonds. The molecule has 0 bridgehead atoms. The molecule has 1 saturated heterocycles. The van der Waals surface area contributed by atoms with Gasteiger partial charge >= 0.3 is 0 Å². The Balaban J connectivity index is 1.50. The Bertz CT molecular complexity index is 1350. The summed E-state index contributed by atoms with van der Waals surface area (Å²) in [5.41, 5.74) is 5.70. The first kappa shape index (κ1) is 23.9. The highest BCUT2D eigenvalue weighted by Crippen LogP contribution is 2.43. The lowest BCUT2D eigenvalue weighted by molar-refractivity contribution is 0.413. The molecular weight excluding hydrogens is 468 g/mol. The molecule has 2 aromatic heterocycles. The summed E-state index contributed by atoms with van der Waals surface area (Å²) >= 11 is 5.89. The lowest BCUT2D eigenvalue weighted by Gasteiger charge is -2.28. The van der Waals surface area contributed by atoms with Crippen LogP contribution in [0.2, 0.25) is 0 Å². The van der Waals surface area contributed by atoms with Gasteiger partial charge in [0.2, 0.25) is 0 Å². The second kappa shape index (κ2) is 10.0. The van der Waals surface area contributed by atoms with E-state index in [0.717, 1.165) is 35.2 Å². The van der Waals surface area contributed by atoms with Crippen molar-refractivity contribution >= 4 is 23.0 Å². The Hall–Kier alpha value is -3.84. The summed E-state index contributed by atoms with van der Waals surface area (Å²) in [4.78, 5) is 6.87. The SMILES string of the molecule is CCn1c(C)cc([C@H]2[C@H](c3ccccn3)NC(=S)N2c2ccc(Oc3ccc(OC)cc3)cc2)c1C. The molecule has 36 heavy (non-hydrogen) atoms. The number of thiocarbonyl (C=S) groups is 1.